The van der Waals surface area contributed by atoms with Gasteiger partial charge in [0.15, 0.2) is 11.3 Å². The molecular formula is C21H20N8. The fourth-order valence-electron chi connectivity index (χ4n) is 5.23. The first-order chi connectivity index (χ1) is 14.2. The predicted octanol–water partition coefficient (Wildman–Crippen LogP) is 3.33. The minimum absolute atomic E-state index is 0.0620. The Morgan fingerprint density at radius 2 is 1.83 bits per heavy atom. The molecule has 0 spiro atoms. The molecule has 0 aliphatic heterocycles. The number of fused-ring (bicyclic) bond motifs is 6. The van der Waals surface area contributed by atoms with Gasteiger partial charge in [0.2, 0.25) is 0 Å². The maximum Gasteiger partial charge on any atom is 0.179 e. The zero-order valence-electron chi connectivity index (χ0n) is 15.9. The summed E-state index contributed by atoms with van der Waals surface area (Å²) >= 11 is 0. The molecule has 29 heavy (non-hydrogen) atoms. The van der Waals surface area contributed by atoms with Crippen molar-refractivity contribution in [1.29, 1.82) is 5.26 Å². The van der Waals surface area contributed by atoms with Gasteiger partial charge in [0, 0.05) is 23.3 Å². The maximum atomic E-state index is 8.97. The number of aromatic amines is 1. The van der Waals surface area contributed by atoms with Crippen molar-refractivity contribution in [2.24, 2.45) is 0 Å². The van der Waals surface area contributed by atoms with Gasteiger partial charge in [-0.05, 0) is 56.7 Å². The van der Waals surface area contributed by atoms with Crippen LogP contribution in [0.4, 0.5) is 5.82 Å². The molecule has 2 N–H and O–H groups in total. The van der Waals surface area contributed by atoms with E-state index in [0.29, 0.717) is 5.56 Å². The van der Waals surface area contributed by atoms with Gasteiger partial charge in [-0.15, -0.1) is 10.2 Å². The number of anilines is 1. The maximum absolute atomic E-state index is 8.97. The third-order valence-corrected chi connectivity index (χ3v) is 6.95. The van der Waals surface area contributed by atoms with Gasteiger partial charge in [-0.25, -0.2) is 9.97 Å². The topological polar surface area (TPSA) is 108 Å². The largest absolute Gasteiger partial charge is 0.365 e. The Bertz CT molecular complexity index is 1240. The second-order valence-electron chi connectivity index (χ2n) is 8.42. The van der Waals surface area contributed by atoms with Gasteiger partial charge in [-0.1, -0.05) is 0 Å². The van der Waals surface area contributed by atoms with Gasteiger partial charge in [0.1, 0.15) is 17.7 Å². The Morgan fingerprint density at radius 1 is 1.00 bits per heavy atom. The smallest absolute Gasteiger partial charge is 0.179 e. The minimum atomic E-state index is 0.0620. The highest BCUT2D eigenvalue weighted by Crippen LogP contribution is 2.54. The Hall–Kier alpha value is -3.47. The molecule has 0 atom stereocenters. The van der Waals surface area contributed by atoms with Crippen LogP contribution in [0, 0.1) is 11.3 Å². The van der Waals surface area contributed by atoms with Crippen molar-refractivity contribution in [3.05, 3.63) is 48.2 Å². The van der Waals surface area contributed by atoms with Crippen LogP contribution in [0.1, 0.15) is 49.9 Å². The van der Waals surface area contributed by atoms with Crippen LogP contribution in [0.25, 0.3) is 16.8 Å². The quantitative estimate of drug-likeness (QED) is 0.561. The van der Waals surface area contributed by atoms with E-state index in [1.165, 1.54) is 0 Å². The van der Waals surface area contributed by atoms with Crippen LogP contribution in [0.3, 0.4) is 0 Å². The molecule has 0 radical (unpaired) electrons. The third-order valence-electron chi connectivity index (χ3n) is 6.95. The van der Waals surface area contributed by atoms with Gasteiger partial charge in [0.05, 0.1) is 17.3 Å². The predicted molar refractivity (Wildman–Crippen MR) is 107 cm³/mol. The monoisotopic (exact) mass is 384 g/mol. The summed E-state index contributed by atoms with van der Waals surface area (Å²) in [7, 11) is 0. The third kappa shape index (κ3) is 2.37. The highest BCUT2D eigenvalue weighted by Gasteiger charge is 2.51. The van der Waals surface area contributed by atoms with Crippen molar-refractivity contribution in [1.82, 2.24) is 29.5 Å². The Balaban J connectivity index is 1.31. The molecular weight excluding hydrogens is 364 g/mol. The summed E-state index contributed by atoms with van der Waals surface area (Å²) < 4.78 is 2.19. The molecule has 3 saturated carbocycles. The lowest BCUT2D eigenvalue weighted by atomic mass is 9.57. The summed E-state index contributed by atoms with van der Waals surface area (Å²) in [6, 6.07) is 7.90. The molecule has 4 aromatic rings. The number of H-pyrrole nitrogens is 1. The normalized spacial score (nSPS) is 26.0. The van der Waals surface area contributed by atoms with Crippen LogP contribution in [0.5, 0.6) is 0 Å². The molecule has 7 rings (SSSR count). The summed E-state index contributed by atoms with van der Waals surface area (Å²) in [5.74, 6) is 1.93. The van der Waals surface area contributed by atoms with Crippen molar-refractivity contribution in [3.63, 3.8) is 0 Å². The summed E-state index contributed by atoms with van der Waals surface area (Å²) in [5.41, 5.74) is 3.44. The molecule has 8 nitrogen and oxygen atoms in total. The lowest BCUT2D eigenvalue weighted by Crippen LogP contribution is -2.53. The summed E-state index contributed by atoms with van der Waals surface area (Å²) in [4.78, 5) is 12.0. The van der Waals surface area contributed by atoms with Crippen molar-refractivity contribution in [2.75, 3.05) is 5.32 Å². The second kappa shape index (κ2) is 5.77. The average Bonchev–Trinajstić information content (AvgIpc) is 3.42. The number of nitriles is 1. The number of hydrogen-bond acceptors (Lipinski definition) is 6. The molecule has 0 amide bonds. The van der Waals surface area contributed by atoms with E-state index in [2.05, 4.69) is 40.9 Å². The second-order valence-corrected chi connectivity index (χ2v) is 8.42. The van der Waals surface area contributed by atoms with Crippen LogP contribution in [-0.2, 0) is 5.41 Å². The van der Waals surface area contributed by atoms with Crippen LogP contribution in [-0.4, -0.2) is 35.1 Å². The first-order valence-electron chi connectivity index (χ1n) is 10.0. The van der Waals surface area contributed by atoms with Crippen molar-refractivity contribution < 1.29 is 0 Å². The molecule has 0 unspecified atom stereocenters. The molecule has 0 saturated heterocycles. The highest BCUT2D eigenvalue weighted by molar-refractivity contribution is 5.74. The SMILES string of the molecule is N#Cc1ccc(NC23CCC(c4nnc5cnc6[nH]ccc6n45)(CC2)CC3)nc1. The molecule has 144 valence electrons. The summed E-state index contributed by atoms with van der Waals surface area (Å²) in [6.07, 6.45) is 11.8. The minimum Gasteiger partial charge on any atom is -0.365 e. The van der Waals surface area contributed by atoms with Gasteiger partial charge >= 0.3 is 0 Å². The van der Waals surface area contributed by atoms with Gasteiger partial charge in [-0.2, -0.15) is 5.26 Å². The van der Waals surface area contributed by atoms with Crippen molar-refractivity contribution in [2.45, 2.75) is 49.5 Å². The first kappa shape index (κ1) is 16.5. The lowest BCUT2D eigenvalue weighted by Gasteiger charge is -2.53. The number of rotatable bonds is 3. The molecule has 4 aromatic heterocycles. The van der Waals surface area contributed by atoms with Crippen molar-refractivity contribution in [3.8, 4) is 6.07 Å². The number of nitrogens with one attached hydrogen (secondary N) is 2. The van der Waals surface area contributed by atoms with Crippen LogP contribution < -0.4 is 5.32 Å². The average molecular weight is 384 g/mol. The molecule has 3 aliphatic rings. The Labute approximate surface area is 167 Å². The Morgan fingerprint density at radius 3 is 2.55 bits per heavy atom. The molecule has 3 fully saturated rings. The van der Waals surface area contributed by atoms with E-state index in [-0.39, 0.29) is 11.0 Å². The number of pyridine rings is 1. The van der Waals surface area contributed by atoms with E-state index in [0.717, 1.165) is 67.0 Å². The molecule has 2 bridgehead atoms. The van der Waals surface area contributed by atoms with E-state index in [1.54, 1.807) is 12.4 Å². The number of nitrogens with zero attached hydrogens (tertiary/aromatic N) is 6. The standard InChI is InChI=1S/C21H20N8/c22-11-14-1-2-16(24-12-14)26-21-7-4-20(5-8-21,6-9-21)19-28-27-17-13-25-18-15(29(17)19)3-10-23-18/h1-3,10,12-13,23H,4-9H2,(H,24,26). The lowest BCUT2D eigenvalue weighted by molar-refractivity contribution is 0.113. The zero-order chi connectivity index (χ0) is 19.5. The molecule has 8 heteroatoms. The zero-order valence-corrected chi connectivity index (χ0v) is 15.9. The van der Waals surface area contributed by atoms with Crippen molar-refractivity contribution >= 4 is 22.6 Å². The Kier molecular flexibility index (Phi) is 3.28. The van der Waals surface area contributed by atoms with Gasteiger partial charge in [-0.3, -0.25) is 4.40 Å². The summed E-state index contributed by atoms with van der Waals surface area (Å²) in [5, 5.41) is 21.7. The van der Waals surface area contributed by atoms with Crippen LogP contribution >= 0.6 is 0 Å². The van der Waals surface area contributed by atoms with E-state index in [1.807, 2.05) is 24.4 Å². The van der Waals surface area contributed by atoms with E-state index in [9.17, 15) is 0 Å². The molecule has 4 heterocycles. The van der Waals surface area contributed by atoms with E-state index < -0.39 is 0 Å². The van der Waals surface area contributed by atoms with Gasteiger partial charge in [0.25, 0.3) is 0 Å². The fourth-order valence-corrected chi connectivity index (χ4v) is 5.23. The number of aromatic nitrogens is 6. The first-order valence-corrected chi connectivity index (χ1v) is 10.0. The van der Waals surface area contributed by atoms with E-state index >= 15 is 0 Å². The molecule has 3 aliphatic carbocycles. The van der Waals surface area contributed by atoms with Gasteiger partial charge < -0.3 is 10.3 Å². The van der Waals surface area contributed by atoms with Crippen LogP contribution in [0.15, 0.2) is 36.8 Å². The highest BCUT2D eigenvalue weighted by atomic mass is 15.3. The fraction of sp³-hybridized carbons (Fsp3) is 0.381. The molecule has 0 aromatic carbocycles. The summed E-state index contributed by atoms with van der Waals surface area (Å²) in [6.45, 7) is 0. The van der Waals surface area contributed by atoms with E-state index in [4.69, 9.17) is 5.26 Å². The number of hydrogen-bond donors (Lipinski definition) is 2. The van der Waals surface area contributed by atoms with Crippen LogP contribution in [0.2, 0.25) is 0 Å².